The molecule has 2 N–H and O–H groups in total. The van der Waals surface area contributed by atoms with Crippen molar-refractivity contribution in [1.29, 1.82) is 0 Å². The Morgan fingerprint density at radius 3 is 3.00 bits per heavy atom. The molecular weight excluding hydrogens is 226 g/mol. The predicted octanol–water partition coefficient (Wildman–Crippen LogP) is 2.43. The zero-order chi connectivity index (χ0) is 13.0. The summed E-state index contributed by atoms with van der Waals surface area (Å²) in [7, 11) is 1.70. The SMILES string of the molecule is CCC(CO)NC1CCCc2ccc(OC)cc21. The van der Waals surface area contributed by atoms with Gasteiger partial charge in [-0.15, -0.1) is 0 Å². The number of fused-ring (bicyclic) bond motifs is 1. The number of aliphatic hydroxyl groups excluding tert-OH is 1. The fraction of sp³-hybridized carbons (Fsp3) is 0.600. The largest absolute Gasteiger partial charge is 0.497 e. The zero-order valence-electron chi connectivity index (χ0n) is 11.3. The van der Waals surface area contributed by atoms with Crippen molar-refractivity contribution in [2.75, 3.05) is 13.7 Å². The van der Waals surface area contributed by atoms with Crippen molar-refractivity contribution < 1.29 is 9.84 Å². The number of hydrogen-bond acceptors (Lipinski definition) is 3. The molecule has 3 nitrogen and oxygen atoms in total. The molecule has 0 radical (unpaired) electrons. The quantitative estimate of drug-likeness (QED) is 0.842. The monoisotopic (exact) mass is 249 g/mol. The van der Waals surface area contributed by atoms with E-state index < -0.39 is 0 Å². The van der Waals surface area contributed by atoms with Crippen molar-refractivity contribution in [3.8, 4) is 5.75 Å². The van der Waals surface area contributed by atoms with Crippen LogP contribution in [0.3, 0.4) is 0 Å². The van der Waals surface area contributed by atoms with Gasteiger partial charge in [0.25, 0.3) is 0 Å². The highest BCUT2D eigenvalue weighted by atomic mass is 16.5. The van der Waals surface area contributed by atoms with Gasteiger partial charge in [-0.05, 0) is 48.9 Å². The molecule has 18 heavy (non-hydrogen) atoms. The van der Waals surface area contributed by atoms with Crippen LogP contribution in [0.25, 0.3) is 0 Å². The van der Waals surface area contributed by atoms with E-state index >= 15 is 0 Å². The summed E-state index contributed by atoms with van der Waals surface area (Å²) in [6.45, 7) is 2.30. The maximum atomic E-state index is 9.32. The summed E-state index contributed by atoms with van der Waals surface area (Å²) in [6, 6.07) is 6.87. The Bertz CT molecular complexity index is 388. The molecule has 2 rings (SSSR count). The van der Waals surface area contributed by atoms with Gasteiger partial charge in [-0.25, -0.2) is 0 Å². The Morgan fingerprint density at radius 1 is 1.50 bits per heavy atom. The molecule has 0 bridgehead atoms. The Morgan fingerprint density at radius 2 is 2.33 bits per heavy atom. The lowest BCUT2D eigenvalue weighted by molar-refractivity contribution is 0.223. The van der Waals surface area contributed by atoms with Crippen LogP contribution in [-0.4, -0.2) is 24.9 Å². The van der Waals surface area contributed by atoms with E-state index in [2.05, 4.69) is 24.4 Å². The van der Waals surface area contributed by atoms with E-state index in [1.165, 1.54) is 17.5 Å². The summed E-state index contributed by atoms with van der Waals surface area (Å²) < 4.78 is 5.31. The molecule has 100 valence electrons. The average molecular weight is 249 g/mol. The lowest BCUT2D eigenvalue weighted by atomic mass is 9.87. The molecule has 0 aromatic heterocycles. The molecule has 1 aromatic rings. The van der Waals surface area contributed by atoms with Gasteiger partial charge in [-0.1, -0.05) is 13.0 Å². The minimum atomic E-state index is 0.187. The van der Waals surface area contributed by atoms with Crippen molar-refractivity contribution in [2.45, 2.75) is 44.7 Å². The molecule has 0 aliphatic heterocycles. The van der Waals surface area contributed by atoms with Gasteiger partial charge in [0.1, 0.15) is 5.75 Å². The molecule has 2 atom stereocenters. The van der Waals surface area contributed by atoms with E-state index in [1.807, 2.05) is 6.07 Å². The third-order valence-corrected chi connectivity index (χ3v) is 3.82. The summed E-state index contributed by atoms with van der Waals surface area (Å²) in [4.78, 5) is 0. The lowest BCUT2D eigenvalue weighted by Gasteiger charge is -2.30. The van der Waals surface area contributed by atoms with E-state index in [1.54, 1.807) is 7.11 Å². The fourth-order valence-electron chi connectivity index (χ4n) is 2.66. The third kappa shape index (κ3) is 2.85. The minimum Gasteiger partial charge on any atom is -0.497 e. The first-order valence-corrected chi connectivity index (χ1v) is 6.82. The van der Waals surface area contributed by atoms with Crippen LogP contribution in [0.5, 0.6) is 5.75 Å². The topological polar surface area (TPSA) is 41.5 Å². The van der Waals surface area contributed by atoms with Crippen LogP contribution >= 0.6 is 0 Å². The number of hydrogen-bond donors (Lipinski definition) is 2. The van der Waals surface area contributed by atoms with Crippen molar-refractivity contribution in [2.24, 2.45) is 0 Å². The first-order valence-electron chi connectivity index (χ1n) is 6.82. The highest BCUT2D eigenvalue weighted by Gasteiger charge is 2.22. The van der Waals surface area contributed by atoms with Gasteiger partial charge >= 0.3 is 0 Å². The van der Waals surface area contributed by atoms with Gasteiger partial charge in [-0.3, -0.25) is 0 Å². The zero-order valence-corrected chi connectivity index (χ0v) is 11.3. The Labute approximate surface area is 109 Å². The van der Waals surface area contributed by atoms with E-state index in [0.29, 0.717) is 6.04 Å². The number of benzene rings is 1. The van der Waals surface area contributed by atoms with Crippen LogP contribution in [0.4, 0.5) is 0 Å². The lowest BCUT2D eigenvalue weighted by Crippen LogP contribution is -2.36. The summed E-state index contributed by atoms with van der Waals surface area (Å²) >= 11 is 0. The van der Waals surface area contributed by atoms with Crippen molar-refractivity contribution in [3.05, 3.63) is 29.3 Å². The molecule has 1 aliphatic rings. The molecular formula is C15H23NO2. The van der Waals surface area contributed by atoms with E-state index in [4.69, 9.17) is 4.74 Å². The second kappa shape index (κ2) is 6.21. The highest BCUT2D eigenvalue weighted by Crippen LogP contribution is 2.32. The van der Waals surface area contributed by atoms with E-state index in [9.17, 15) is 5.11 Å². The summed E-state index contributed by atoms with van der Waals surface area (Å²) in [5, 5.41) is 12.9. The molecule has 1 aromatic carbocycles. The maximum Gasteiger partial charge on any atom is 0.119 e. The van der Waals surface area contributed by atoms with Crippen LogP contribution in [0.1, 0.15) is 43.4 Å². The second-order valence-electron chi connectivity index (χ2n) is 4.96. The summed E-state index contributed by atoms with van der Waals surface area (Å²) in [5.41, 5.74) is 2.75. The van der Waals surface area contributed by atoms with Gasteiger partial charge in [0.15, 0.2) is 0 Å². The number of aliphatic hydroxyl groups is 1. The predicted molar refractivity (Wildman–Crippen MR) is 73.0 cm³/mol. The summed E-state index contributed by atoms with van der Waals surface area (Å²) in [6.07, 6.45) is 4.44. The molecule has 1 aliphatic carbocycles. The van der Waals surface area contributed by atoms with Crippen LogP contribution in [0.2, 0.25) is 0 Å². The number of nitrogens with one attached hydrogen (secondary N) is 1. The van der Waals surface area contributed by atoms with Gasteiger partial charge in [0, 0.05) is 12.1 Å². The number of methoxy groups -OCH3 is 1. The van der Waals surface area contributed by atoms with E-state index in [-0.39, 0.29) is 12.6 Å². The molecule has 0 saturated heterocycles. The first kappa shape index (κ1) is 13.4. The van der Waals surface area contributed by atoms with Gasteiger partial charge in [0.2, 0.25) is 0 Å². The molecule has 0 heterocycles. The Hall–Kier alpha value is -1.06. The average Bonchev–Trinajstić information content (AvgIpc) is 2.44. The number of aryl methyl sites for hydroxylation is 1. The van der Waals surface area contributed by atoms with Crippen molar-refractivity contribution in [1.82, 2.24) is 5.32 Å². The van der Waals surface area contributed by atoms with Crippen molar-refractivity contribution >= 4 is 0 Å². The molecule has 2 unspecified atom stereocenters. The molecule has 3 heteroatoms. The van der Waals surface area contributed by atoms with Gasteiger partial charge in [-0.2, -0.15) is 0 Å². The first-order chi connectivity index (χ1) is 8.78. The van der Waals surface area contributed by atoms with E-state index in [0.717, 1.165) is 25.0 Å². The number of ether oxygens (including phenoxy) is 1. The second-order valence-corrected chi connectivity index (χ2v) is 4.96. The normalized spacial score (nSPS) is 20.3. The maximum absolute atomic E-state index is 9.32. The molecule has 0 spiro atoms. The number of rotatable bonds is 5. The highest BCUT2D eigenvalue weighted by molar-refractivity contribution is 5.39. The van der Waals surface area contributed by atoms with Crippen LogP contribution in [0, 0.1) is 0 Å². The van der Waals surface area contributed by atoms with Crippen molar-refractivity contribution in [3.63, 3.8) is 0 Å². The van der Waals surface area contributed by atoms with Crippen LogP contribution < -0.4 is 10.1 Å². The fourth-order valence-corrected chi connectivity index (χ4v) is 2.66. The Kier molecular flexibility index (Phi) is 4.61. The summed E-state index contributed by atoms with van der Waals surface area (Å²) in [5.74, 6) is 0.916. The molecule has 0 fully saturated rings. The van der Waals surface area contributed by atoms with Crippen LogP contribution in [-0.2, 0) is 6.42 Å². The standard InChI is InChI=1S/C15H23NO2/c1-3-12(10-17)16-15-6-4-5-11-7-8-13(18-2)9-14(11)15/h7-9,12,15-17H,3-6,10H2,1-2H3. The minimum absolute atomic E-state index is 0.187. The van der Waals surface area contributed by atoms with Gasteiger partial charge in [0.05, 0.1) is 13.7 Å². The Balaban J connectivity index is 2.20. The van der Waals surface area contributed by atoms with Gasteiger partial charge < -0.3 is 15.2 Å². The molecule has 0 amide bonds. The van der Waals surface area contributed by atoms with Crippen LogP contribution in [0.15, 0.2) is 18.2 Å². The smallest absolute Gasteiger partial charge is 0.119 e. The molecule has 0 saturated carbocycles. The third-order valence-electron chi connectivity index (χ3n) is 3.82.